The van der Waals surface area contributed by atoms with Crippen molar-refractivity contribution in [2.24, 2.45) is 17.6 Å². The van der Waals surface area contributed by atoms with Crippen LogP contribution in [0.1, 0.15) is 32.4 Å². The number of hydrogen-bond donors (Lipinski definition) is 1. The highest BCUT2D eigenvalue weighted by atomic mass is 127. The second kappa shape index (κ2) is 4.75. The van der Waals surface area contributed by atoms with Crippen molar-refractivity contribution in [3.8, 4) is 0 Å². The fraction of sp³-hybridized carbons (Fsp3) is 0.600. The summed E-state index contributed by atoms with van der Waals surface area (Å²) in [6.45, 7) is 6.67. The molecule has 1 nitrogen and oxygen atoms in total. The van der Waals surface area contributed by atoms with Gasteiger partial charge in [-0.25, -0.2) is 0 Å². The van der Waals surface area contributed by atoms with Gasteiger partial charge in [-0.2, -0.15) is 0 Å². The van der Waals surface area contributed by atoms with Gasteiger partial charge >= 0.3 is 0 Å². The SMILES string of the molecule is CC(C)C(C)C(N)c1csc(I)c1. The molecule has 2 unspecified atom stereocenters. The van der Waals surface area contributed by atoms with E-state index < -0.39 is 0 Å². The molecule has 0 radical (unpaired) electrons. The van der Waals surface area contributed by atoms with E-state index in [1.54, 1.807) is 11.3 Å². The van der Waals surface area contributed by atoms with Crippen molar-refractivity contribution in [2.75, 3.05) is 0 Å². The van der Waals surface area contributed by atoms with Crippen molar-refractivity contribution in [3.63, 3.8) is 0 Å². The maximum atomic E-state index is 6.16. The van der Waals surface area contributed by atoms with Crippen LogP contribution >= 0.6 is 33.9 Å². The van der Waals surface area contributed by atoms with Crippen molar-refractivity contribution in [2.45, 2.75) is 26.8 Å². The van der Waals surface area contributed by atoms with Crippen molar-refractivity contribution in [1.82, 2.24) is 0 Å². The van der Waals surface area contributed by atoms with Gasteiger partial charge in [0.1, 0.15) is 0 Å². The van der Waals surface area contributed by atoms with Gasteiger partial charge in [-0.1, -0.05) is 20.8 Å². The lowest BCUT2D eigenvalue weighted by atomic mass is 9.88. The number of rotatable bonds is 3. The molecule has 2 N–H and O–H groups in total. The Morgan fingerprint density at radius 3 is 2.38 bits per heavy atom. The van der Waals surface area contributed by atoms with E-state index in [9.17, 15) is 0 Å². The first kappa shape index (κ1) is 11.5. The minimum atomic E-state index is 0.194. The minimum Gasteiger partial charge on any atom is -0.324 e. The molecule has 0 aliphatic carbocycles. The Kier molecular flexibility index (Phi) is 4.19. The fourth-order valence-corrected chi connectivity index (χ4v) is 2.64. The highest BCUT2D eigenvalue weighted by Gasteiger charge is 2.18. The van der Waals surface area contributed by atoms with Crippen LogP contribution < -0.4 is 5.73 Å². The molecule has 0 saturated carbocycles. The van der Waals surface area contributed by atoms with E-state index in [0.29, 0.717) is 11.8 Å². The molecular weight excluding hydrogens is 293 g/mol. The van der Waals surface area contributed by atoms with Crippen molar-refractivity contribution >= 4 is 33.9 Å². The molecule has 0 aromatic carbocycles. The number of nitrogens with two attached hydrogens (primary N) is 1. The second-order valence-electron chi connectivity index (χ2n) is 3.81. The lowest BCUT2D eigenvalue weighted by Gasteiger charge is -2.22. The third-order valence-electron chi connectivity index (χ3n) is 2.59. The van der Waals surface area contributed by atoms with Crippen LogP contribution in [-0.4, -0.2) is 0 Å². The van der Waals surface area contributed by atoms with E-state index in [4.69, 9.17) is 5.73 Å². The fourth-order valence-electron chi connectivity index (χ4n) is 1.22. The summed E-state index contributed by atoms with van der Waals surface area (Å²) in [5, 5.41) is 2.17. The van der Waals surface area contributed by atoms with Crippen LogP contribution in [0.3, 0.4) is 0 Å². The van der Waals surface area contributed by atoms with E-state index in [-0.39, 0.29) is 6.04 Å². The predicted molar refractivity (Wildman–Crippen MR) is 68.0 cm³/mol. The third kappa shape index (κ3) is 2.92. The second-order valence-corrected chi connectivity index (χ2v) is 6.62. The predicted octanol–water partition coefficient (Wildman–Crippen LogP) is 3.64. The quantitative estimate of drug-likeness (QED) is 0.848. The summed E-state index contributed by atoms with van der Waals surface area (Å²) >= 11 is 4.11. The summed E-state index contributed by atoms with van der Waals surface area (Å²) in [4.78, 5) is 0. The van der Waals surface area contributed by atoms with Crippen molar-refractivity contribution < 1.29 is 0 Å². The Morgan fingerprint density at radius 1 is 1.38 bits per heavy atom. The zero-order chi connectivity index (χ0) is 10.0. The van der Waals surface area contributed by atoms with Gasteiger partial charge in [0.25, 0.3) is 0 Å². The van der Waals surface area contributed by atoms with Crippen LogP contribution in [-0.2, 0) is 0 Å². The van der Waals surface area contributed by atoms with Crippen LogP contribution in [0, 0.1) is 14.7 Å². The van der Waals surface area contributed by atoms with E-state index in [2.05, 4.69) is 54.8 Å². The highest BCUT2D eigenvalue weighted by molar-refractivity contribution is 14.1. The zero-order valence-electron chi connectivity index (χ0n) is 8.25. The monoisotopic (exact) mass is 309 g/mol. The van der Waals surface area contributed by atoms with Crippen LogP contribution in [0.25, 0.3) is 0 Å². The highest BCUT2D eigenvalue weighted by Crippen LogP contribution is 2.29. The van der Waals surface area contributed by atoms with Gasteiger partial charge in [0.15, 0.2) is 0 Å². The Morgan fingerprint density at radius 2 is 2.00 bits per heavy atom. The summed E-state index contributed by atoms with van der Waals surface area (Å²) < 4.78 is 1.32. The Labute approximate surface area is 97.9 Å². The van der Waals surface area contributed by atoms with Gasteiger partial charge in [0.05, 0.1) is 2.88 Å². The largest absolute Gasteiger partial charge is 0.324 e. The molecule has 0 bridgehead atoms. The molecule has 13 heavy (non-hydrogen) atoms. The normalized spacial score (nSPS) is 16.2. The molecule has 0 aliphatic heterocycles. The molecule has 1 heterocycles. The Bertz CT molecular complexity index is 270. The smallest absolute Gasteiger partial charge is 0.0656 e. The average molecular weight is 309 g/mol. The molecule has 2 atom stereocenters. The minimum absolute atomic E-state index is 0.194. The molecular formula is C10H16INS. The molecule has 3 heteroatoms. The third-order valence-corrected chi connectivity index (χ3v) is 4.40. The van der Waals surface area contributed by atoms with Crippen molar-refractivity contribution in [3.05, 3.63) is 19.9 Å². The first-order valence-electron chi connectivity index (χ1n) is 4.52. The van der Waals surface area contributed by atoms with E-state index in [1.807, 2.05) is 0 Å². The Balaban J connectivity index is 2.73. The lowest BCUT2D eigenvalue weighted by Crippen LogP contribution is -2.22. The van der Waals surface area contributed by atoms with Gasteiger partial charge in [0.2, 0.25) is 0 Å². The van der Waals surface area contributed by atoms with E-state index in [1.165, 1.54) is 8.45 Å². The van der Waals surface area contributed by atoms with Gasteiger partial charge in [-0.3, -0.25) is 0 Å². The van der Waals surface area contributed by atoms with Crippen LogP contribution in [0.5, 0.6) is 0 Å². The summed E-state index contributed by atoms with van der Waals surface area (Å²) in [5.41, 5.74) is 7.44. The lowest BCUT2D eigenvalue weighted by molar-refractivity contribution is 0.353. The summed E-state index contributed by atoms with van der Waals surface area (Å²) in [5.74, 6) is 1.19. The molecule has 1 rings (SSSR count). The van der Waals surface area contributed by atoms with Gasteiger partial charge in [0, 0.05) is 6.04 Å². The summed E-state index contributed by atoms with van der Waals surface area (Å²) in [6.07, 6.45) is 0. The molecule has 0 amide bonds. The van der Waals surface area contributed by atoms with Gasteiger partial charge in [-0.05, 0) is 51.4 Å². The first-order chi connectivity index (χ1) is 6.02. The molecule has 0 fully saturated rings. The van der Waals surface area contributed by atoms with Crippen molar-refractivity contribution in [1.29, 1.82) is 0 Å². The molecule has 1 aromatic heterocycles. The standard InChI is InChI=1S/C10H16INS/c1-6(2)7(3)10(12)8-4-9(11)13-5-8/h4-7,10H,12H2,1-3H3. The summed E-state index contributed by atoms with van der Waals surface area (Å²) in [6, 6.07) is 2.38. The van der Waals surface area contributed by atoms with Gasteiger partial charge in [-0.15, -0.1) is 11.3 Å². The molecule has 74 valence electrons. The average Bonchev–Trinajstić information content (AvgIpc) is 2.49. The topological polar surface area (TPSA) is 26.0 Å². The molecule has 0 saturated heterocycles. The van der Waals surface area contributed by atoms with E-state index in [0.717, 1.165) is 0 Å². The Hall–Kier alpha value is 0.390. The van der Waals surface area contributed by atoms with Gasteiger partial charge < -0.3 is 5.73 Å². The molecule has 1 aromatic rings. The zero-order valence-corrected chi connectivity index (χ0v) is 11.2. The first-order valence-corrected chi connectivity index (χ1v) is 6.47. The number of halogens is 1. The molecule has 0 aliphatic rings. The summed E-state index contributed by atoms with van der Waals surface area (Å²) in [7, 11) is 0. The maximum absolute atomic E-state index is 6.16. The number of thiophene rings is 1. The van der Waals surface area contributed by atoms with Crippen LogP contribution in [0.4, 0.5) is 0 Å². The maximum Gasteiger partial charge on any atom is 0.0656 e. The van der Waals surface area contributed by atoms with Crippen LogP contribution in [0.2, 0.25) is 0 Å². The van der Waals surface area contributed by atoms with Crippen LogP contribution in [0.15, 0.2) is 11.4 Å². The molecule has 0 spiro atoms. The number of hydrogen-bond acceptors (Lipinski definition) is 2. The van der Waals surface area contributed by atoms with E-state index >= 15 is 0 Å².